The van der Waals surface area contributed by atoms with E-state index in [1.807, 2.05) is 0 Å². The Morgan fingerprint density at radius 1 is 1.07 bits per heavy atom. The Kier molecular flexibility index (Phi) is 12.3. The van der Waals surface area contributed by atoms with Gasteiger partial charge >= 0.3 is 5.97 Å². The van der Waals surface area contributed by atoms with Crippen LogP contribution in [0.1, 0.15) is 104 Å². The van der Waals surface area contributed by atoms with E-state index in [1.54, 1.807) is 0 Å². The Labute approximate surface area is 171 Å². The van der Waals surface area contributed by atoms with Crippen molar-refractivity contribution in [3.05, 3.63) is 0 Å². The molecule has 0 aromatic carbocycles. The van der Waals surface area contributed by atoms with Crippen molar-refractivity contribution in [1.29, 1.82) is 0 Å². The number of aliphatic hydroxyl groups excluding tert-OH is 1. The smallest absolute Gasteiger partial charge is 0.364 e. The van der Waals surface area contributed by atoms with Gasteiger partial charge in [0.1, 0.15) is 0 Å². The topological polar surface area (TPSA) is 87.0 Å². The fourth-order valence-corrected chi connectivity index (χ4v) is 4.85. The number of methoxy groups -OCH3 is 1. The Balaban J connectivity index is 2.30. The van der Waals surface area contributed by atoms with E-state index >= 15 is 0 Å². The molecule has 166 valence electrons. The van der Waals surface area contributed by atoms with Gasteiger partial charge in [0.15, 0.2) is 0 Å². The highest BCUT2D eigenvalue weighted by Crippen LogP contribution is 2.39. The van der Waals surface area contributed by atoms with Crippen LogP contribution in [0, 0.1) is 17.8 Å². The standard InChI is InChI=1S/C23H44O5/c1-4-6-11-18(5-2)12-10-13-19-15-16-21(24)20(19)14-8-7-9-17-23(27,28-3)22(25)26/h18-21,24,27H,4-17H2,1-3H3,(H,25,26)/t18?,19-,20+,21-,23?/m0/s1. The second kappa shape index (κ2) is 13.6. The maximum atomic E-state index is 11.0. The lowest BCUT2D eigenvalue weighted by molar-refractivity contribution is -0.216. The molecule has 1 fully saturated rings. The van der Waals surface area contributed by atoms with Crippen LogP contribution < -0.4 is 0 Å². The van der Waals surface area contributed by atoms with E-state index in [0.717, 1.165) is 38.0 Å². The zero-order valence-electron chi connectivity index (χ0n) is 18.4. The molecule has 0 bridgehead atoms. The first kappa shape index (κ1) is 25.4. The van der Waals surface area contributed by atoms with Gasteiger partial charge in [-0.1, -0.05) is 71.6 Å². The van der Waals surface area contributed by atoms with Gasteiger partial charge in [0.2, 0.25) is 0 Å². The predicted molar refractivity (Wildman–Crippen MR) is 112 cm³/mol. The van der Waals surface area contributed by atoms with Crippen molar-refractivity contribution < 1.29 is 24.9 Å². The van der Waals surface area contributed by atoms with Crippen molar-refractivity contribution in [2.75, 3.05) is 7.11 Å². The van der Waals surface area contributed by atoms with E-state index in [4.69, 9.17) is 9.84 Å². The first-order valence-corrected chi connectivity index (χ1v) is 11.6. The highest BCUT2D eigenvalue weighted by molar-refractivity contribution is 5.75. The van der Waals surface area contributed by atoms with Crippen molar-refractivity contribution in [3.63, 3.8) is 0 Å². The highest BCUT2D eigenvalue weighted by Gasteiger charge is 2.36. The summed E-state index contributed by atoms with van der Waals surface area (Å²) in [6.45, 7) is 4.56. The lowest BCUT2D eigenvalue weighted by Crippen LogP contribution is -2.40. The van der Waals surface area contributed by atoms with Crippen LogP contribution >= 0.6 is 0 Å². The maximum Gasteiger partial charge on any atom is 0.364 e. The van der Waals surface area contributed by atoms with Gasteiger partial charge in [-0.25, -0.2) is 4.79 Å². The molecule has 5 atom stereocenters. The fraction of sp³-hybridized carbons (Fsp3) is 0.957. The zero-order chi connectivity index (χ0) is 21.0. The minimum absolute atomic E-state index is 0.103. The molecule has 0 saturated heterocycles. The van der Waals surface area contributed by atoms with Gasteiger partial charge in [-0.2, -0.15) is 0 Å². The fourth-order valence-electron chi connectivity index (χ4n) is 4.85. The summed E-state index contributed by atoms with van der Waals surface area (Å²) < 4.78 is 4.73. The van der Waals surface area contributed by atoms with Crippen molar-refractivity contribution in [3.8, 4) is 0 Å². The molecule has 1 rings (SSSR count). The van der Waals surface area contributed by atoms with E-state index in [1.165, 1.54) is 52.1 Å². The Hall–Kier alpha value is -0.650. The lowest BCUT2D eigenvalue weighted by Gasteiger charge is -2.24. The van der Waals surface area contributed by atoms with Gasteiger partial charge in [-0.15, -0.1) is 0 Å². The maximum absolute atomic E-state index is 11.0. The number of ether oxygens (including phenoxy) is 1. The second-order valence-electron chi connectivity index (χ2n) is 8.81. The summed E-state index contributed by atoms with van der Waals surface area (Å²) in [6, 6.07) is 0. The molecule has 28 heavy (non-hydrogen) atoms. The van der Waals surface area contributed by atoms with E-state index in [9.17, 15) is 15.0 Å². The molecule has 0 spiro atoms. The Bertz CT molecular complexity index is 427. The largest absolute Gasteiger partial charge is 0.477 e. The van der Waals surface area contributed by atoms with Crippen LogP contribution in [-0.2, 0) is 9.53 Å². The molecule has 1 aliphatic rings. The molecule has 5 nitrogen and oxygen atoms in total. The number of hydrogen-bond acceptors (Lipinski definition) is 4. The van der Waals surface area contributed by atoms with Crippen LogP contribution in [0.5, 0.6) is 0 Å². The summed E-state index contributed by atoms with van der Waals surface area (Å²) >= 11 is 0. The lowest BCUT2D eigenvalue weighted by atomic mass is 9.84. The number of rotatable bonds is 16. The number of aliphatic hydroxyl groups is 2. The van der Waals surface area contributed by atoms with Crippen molar-refractivity contribution >= 4 is 5.97 Å². The van der Waals surface area contributed by atoms with Crippen molar-refractivity contribution in [2.45, 2.75) is 116 Å². The van der Waals surface area contributed by atoms with Gasteiger partial charge in [-0.05, 0) is 43.4 Å². The predicted octanol–water partition coefficient (Wildman–Crippen LogP) is 5.13. The first-order valence-electron chi connectivity index (χ1n) is 11.6. The molecule has 0 aliphatic heterocycles. The molecule has 0 aromatic rings. The van der Waals surface area contributed by atoms with Gasteiger partial charge in [0, 0.05) is 13.5 Å². The summed E-state index contributed by atoms with van der Waals surface area (Å²) in [5, 5.41) is 29.2. The molecule has 2 unspecified atom stereocenters. The summed E-state index contributed by atoms with van der Waals surface area (Å²) in [4.78, 5) is 11.0. The molecule has 0 amide bonds. The SMILES string of the molecule is CCCCC(CC)CCC[C@H]1CC[C@H](O)[C@@H]1CCCCCC(O)(OC)C(=O)O. The van der Waals surface area contributed by atoms with Crippen LogP contribution in [-0.4, -0.2) is 40.3 Å². The molecule has 0 radical (unpaired) electrons. The highest BCUT2D eigenvalue weighted by atomic mass is 16.6. The van der Waals surface area contributed by atoms with E-state index < -0.39 is 11.8 Å². The number of hydrogen-bond donors (Lipinski definition) is 3. The van der Waals surface area contributed by atoms with Gasteiger partial charge in [0.25, 0.3) is 5.79 Å². The minimum Gasteiger partial charge on any atom is -0.477 e. The Morgan fingerprint density at radius 2 is 1.79 bits per heavy atom. The average molecular weight is 401 g/mol. The van der Waals surface area contributed by atoms with Crippen LogP contribution in [0.25, 0.3) is 0 Å². The van der Waals surface area contributed by atoms with Crippen LogP contribution in [0.3, 0.4) is 0 Å². The van der Waals surface area contributed by atoms with E-state index in [0.29, 0.717) is 18.3 Å². The summed E-state index contributed by atoms with van der Waals surface area (Å²) in [5.74, 6) is -1.52. The van der Waals surface area contributed by atoms with E-state index in [-0.39, 0.29) is 12.5 Å². The average Bonchev–Trinajstić information content (AvgIpc) is 3.03. The molecule has 0 aromatic heterocycles. The van der Waals surface area contributed by atoms with Crippen molar-refractivity contribution in [1.82, 2.24) is 0 Å². The monoisotopic (exact) mass is 400 g/mol. The number of carboxylic acids is 1. The van der Waals surface area contributed by atoms with Crippen LogP contribution in [0.4, 0.5) is 0 Å². The van der Waals surface area contributed by atoms with Crippen LogP contribution in [0.15, 0.2) is 0 Å². The minimum atomic E-state index is -2.07. The van der Waals surface area contributed by atoms with Gasteiger partial charge in [0.05, 0.1) is 6.10 Å². The third-order valence-corrected chi connectivity index (χ3v) is 6.89. The number of carbonyl (C=O) groups is 1. The number of unbranched alkanes of at least 4 members (excludes halogenated alkanes) is 3. The molecule has 1 aliphatic carbocycles. The van der Waals surface area contributed by atoms with Gasteiger partial charge in [-0.3, -0.25) is 0 Å². The summed E-state index contributed by atoms with van der Waals surface area (Å²) in [7, 11) is 1.22. The zero-order valence-corrected chi connectivity index (χ0v) is 18.4. The third-order valence-electron chi connectivity index (χ3n) is 6.89. The molecule has 0 heterocycles. The quantitative estimate of drug-likeness (QED) is 0.247. The first-order chi connectivity index (χ1) is 13.4. The molecule has 3 N–H and O–H groups in total. The Morgan fingerprint density at radius 3 is 2.39 bits per heavy atom. The van der Waals surface area contributed by atoms with Crippen molar-refractivity contribution in [2.24, 2.45) is 17.8 Å². The normalized spacial score (nSPS) is 25.5. The molecular weight excluding hydrogens is 356 g/mol. The third kappa shape index (κ3) is 8.38. The van der Waals surface area contributed by atoms with Gasteiger partial charge < -0.3 is 20.1 Å². The number of aliphatic carboxylic acids is 1. The number of carboxylic acid groups (broad SMARTS) is 1. The molecule has 1 saturated carbocycles. The molecule has 5 heteroatoms. The summed E-state index contributed by atoms with van der Waals surface area (Å²) in [6.07, 6.45) is 14.5. The second-order valence-corrected chi connectivity index (χ2v) is 8.81. The molecular formula is C23H44O5. The van der Waals surface area contributed by atoms with Crippen LogP contribution in [0.2, 0.25) is 0 Å². The van der Waals surface area contributed by atoms with E-state index in [2.05, 4.69) is 13.8 Å². The summed E-state index contributed by atoms with van der Waals surface area (Å²) in [5.41, 5.74) is 0.